The first-order valence-corrected chi connectivity index (χ1v) is 7.38. The highest BCUT2D eigenvalue weighted by molar-refractivity contribution is 5.83. The van der Waals surface area contributed by atoms with Gasteiger partial charge in [-0.3, -0.25) is 4.79 Å². The van der Waals surface area contributed by atoms with Crippen LogP contribution in [0.5, 0.6) is 0 Å². The first-order chi connectivity index (χ1) is 9.27. The van der Waals surface area contributed by atoms with Crippen LogP contribution in [-0.4, -0.2) is 23.4 Å². The van der Waals surface area contributed by atoms with E-state index in [4.69, 9.17) is 5.73 Å². The monoisotopic (exact) mass is 258 g/mol. The number of carbonyl (C=O) groups excluding carboxylic acids is 1. The maximum atomic E-state index is 12.6. The first kappa shape index (κ1) is 12.7. The zero-order valence-corrected chi connectivity index (χ0v) is 11.3. The minimum Gasteiger partial charge on any atom is -0.338 e. The molecule has 3 rings (SSSR count). The average Bonchev–Trinajstić information content (AvgIpc) is 2.90. The van der Waals surface area contributed by atoms with Crippen molar-refractivity contribution in [3.8, 4) is 0 Å². The van der Waals surface area contributed by atoms with Crippen molar-refractivity contribution in [2.24, 2.45) is 11.7 Å². The summed E-state index contributed by atoms with van der Waals surface area (Å²) >= 11 is 0. The molecule has 2 unspecified atom stereocenters. The Morgan fingerprint density at radius 3 is 2.68 bits per heavy atom. The van der Waals surface area contributed by atoms with Gasteiger partial charge in [0.05, 0.1) is 0 Å². The summed E-state index contributed by atoms with van der Waals surface area (Å²) < 4.78 is 0. The molecular weight excluding hydrogens is 236 g/mol. The standard InChI is InChI=1S/C16H22N2O/c17-15(13-7-2-1-3-8-13)16(19)18-11-10-12-6-4-5-9-14(12)18/h1-3,7-8,12,14-15H,4-6,9-11,17H2/t12?,14?,15-/m1/s1. The molecule has 19 heavy (non-hydrogen) atoms. The fraction of sp³-hybridized carbons (Fsp3) is 0.562. The fourth-order valence-electron chi connectivity index (χ4n) is 3.66. The summed E-state index contributed by atoms with van der Waals surface area (Å²) in [5.74, 6) is 0.835. The van der Waals surface area contributed by atoms with E-state index in [-0.39, 0.29) is 5.91 Å². The Morgan fingerprint density at radius 1 is 1.16 bits per heavy atom. The second-order valence-electron chi connectivity index (χ2n) is 5.82. The molecule has 1 aromatic carbocycles. The van der Waals surface area contributed by atoms with Gasteiger partial charge in [0.15, 0.2) is 0 Å². The number of nitrogens with two attached hydrogens (primary N) is 1. The number of amides is 1. The molecule has 2 aliphatic rings. The summed E-state index contributed by atoms with van der Waals surface area (Å²) in [7, 11) is 0. The molecule has 0 radical (unpaired) electrons. The molecule has 0 spiro atoms. The van der Waals surface area contributed by atoms with Crippen LogP contribution in [0.25, 0.3) is 0 Å². The zero-order valence-electron chi connectivity index (χ0n) is 11.3. The van der Waals surface area contributed by atoms with E-state index < -0.39 is 6.04 Å². The van der Waals surface area contributed by atoms with E-state index in [1.54, 1.807) is 0 Å². The molecule has 3 nitrogen and oxygen atoms in total. The van der Waals surface area contributed by atoms with E-state index in [2.05, 4.69) is 4.90 Å². The van der Waals surface area contributed by atoms with Gasteiger partial charge < -0.3 is 10.6 Å². The lowest BCUT2D eigenvalue weighted by Gasteiger charge is -2.33. The molecule has 1 aliphatic carbocycles. The second kappa shape index (κ2) is 5.33. The van der Waals surface area contributed by atoms with Crippen LogP contribution in [0.15, 0.2) is 30.3 Å². The van der Waals surface area contributed by atoms with Crippen molar-refractivity contribution in [3.05, 3.63) is 35.9 Å². The van der Waals surface area contributed by atoms with E-state index in [9.17, 15) is 4.79 Å². The number of hydrogen-bond acceptors (Lipinski definition) is 2. The van der Waals surface area contributed by atoms with E-state index in [0.717, 1.165) is 30.9 Å². The third-order valence-corrected chi connectivity index (χ3v) is 4.72. The molecule has 3 heteroatoms. The molecule has 1 saturated carbocycles. The Balaban J connectivity index is 1.73. The van der Waals surface area contributed by atoms with Gasteiger partial charge in [0.25, 0.3) is 0 Å². The molecule has 2 N–H and O–H groups in total. The number of fused-ring (bicyclic) bond motifs is 1. The summed E-state index contributed by atoms with van der Waals surface area (Å²) in [5.41, 5.74) is 7.07. The van der Waals surface area contributed by atoms with E-state index in [1.807, 2.05) is 30.3 Å². The Hall–Kier alpha value is -1.35. The van der Waals surface area contributed by atoms with Crippen molar-refractivity contribution in [1.82, 2.24) is 4.90 Å². The maximum absolute atomic E-state index is 12.6. The average molecular weight is 258 g/mol. The van der Waals surface area contributed by atoms with E-state index in [1.165, 1.54) is 19.3 Å². The summed E-state index contributed by atoms with van der Waals surface area (Å²) in [6.07, 6.45) is 6.20. The molecule has 0 aromatic heterocycles. The van der Waals surface area contributed by atoms with E-state index >= 15 is 0 Å². The molecule has 1 amide bonds. The third kappa shape index (κ3) is 2.39. The molecular formula is C16H22N2O. The van der Waals surface area contributed by atoms with Crippen molar-refractivity contribution < 1.29 is 4.79 Å². The zero-order chi connectivity index (χ0) is 13.2. The third-order valence-electron chi connectivity index (χ3n) is 4.72. The van der Waals surface area contributed by atoms with Crippen LogP contribution in [0.1, 0.15) is 43.7 Å². The lowest BCUT2D eigenvalue weighted by atomic mass is 9.85. The van der Waals surface area contributed by atoms with Gasteiger partial charge in [0.2, 0.25) is 5.91 Å². The number of likely N-dealkylation sites (tertiary alicyclic amines) is 1. The molecule has 3 atom stereocenters. The number of nitrogens with zero attached hydrogens (tertiary/aromatic N) is 1. The smallest absolute Gasteiger partial charge is 0.244 e. The highest BCUT2D eigenvalue weighted by Gasteiger charge is 2.39. The van der Waals surface area contributed by atoms with Gasteiger partial charge in [-0.1, -0.05) is 43.2 Å². The number of benzene rings is 1. The molecule has 1 saturated heterocycles. The summed E-state index contributed by atoms with van der Waals surface area (Å²) in [5, 5.41) is 0. The molecule has 102 valence electrons. The molecule has 1 aromatic rings. The van der Waals surface area contributed by atoms with Gasteiger partial charge in [-0.25, -0.2) is 0 Å². The summed E-state index contributed by atoms with van der Waals surface area (Å²) in [6, 6.07) is 9.67. The topological polar surface area (TPSA) is 46.3 Å². The largest absolute Gasteiger partial charge is 0.338 e. The molecule has 0 bridgehead atoms. The Labute approximate surface area is 114 Å². The Bertz CT molecular complexity index is 445. The first-order valence-electron chi connectivity index (χ1n) is 7.38. The normalized spacial score (nSPS) is 27.9. The van der Waals surface area contributed by atoms with Crippen LogP contribution in [0.2, 0.25) is 0 Å². The van der Waals surface area contributed by atoms with Crippen molar-refractivity contribution >= 4 is 5.91 Å². The van der Waals surface area contributed by atoms with Gasteiger partial charge in [-0.2, -0.15) is 0 Å². The van der Waals surface area contributed by atoms with Crippen molar-refractivity contribution in [3.63, 3.8) is 0 Å². The lowest BCUT2D eigenvalue weighted by molar-refractivity contribution is -0.134. The van der Waals surface area contributed by atoms with Crippen molar-refractivity contribution in [1.29, 1.82) is 0 Å². The van der Waals surface area contributed by atoms with Crippen LogP contribution < -0.4 is 5.73 Å². The predicted octanol–water partition coefficient (Wildman–Crippen LogP) is 2.48. The lowest BCUT2D eigenvalue weighted by Crippen LogP contribution is -2.43. The fourth-order valence-corrected chi connectivity index (χ4v) is 3.66. The van der Waals surface area contributed by atoms with Crippen LogP contribution >= 0.6 is 0 Å². The Morgan fingerprint density at radius 2 is 1.89 bits per heavy atom. The van der Waals surface area contributed by atoms with Gasteiger partial charge >= 0.3 is 0 Å². The van der Waals surface area contributed by atoms with Crippen molar-refractivity contribution in [2.75, 3.05) is 6.54 Å². The second-order valence-corrected chi connectivity index (χ2v) is 5.82. The maximum Gasteiger partial charge on any atom is 0.244 e. The van der Waals surface area contributed by atoms with Crippen LogP contribution in [-0.2, 0) is 4.79 Å². The number of rotatable bonds is 2. The molecule has 1 heterocycles. The SMILES string of the molecule is N[C@@H](C(=O)N1CCC2CCCCC21)c1ccccc1. The molecule has 2 fully saturated rings. The minimum absolute atomic E-state index is 0.112. The van der Waals surface area contributed by atoms with Gasteiger partial charge in [-0.15, -0.1) is 0 Å². The van der Waals surface area contributed by atoms with Crippen molar-refractivity contribution in [2.45, 2.75) is 44.2 Å². The minimum atomic E-state index is -0.498. The van der Waals surface area contributed by atoms with Gasteiger partial charge in [-0.05, 0) is 30.7 Å². The Kier molecular flexibility index (Phi) is 3.56. The van der Waals surface area contributed by atoms with Gasteiger partial charge in [0.1, 0.15) is 6.04 Å². The summed E-state index contributed by atoms with van der Waals surface area (Å²) in [6.45, 7) is 0.898. The quantitative estimate of drug-likeness (QED) is 0.886. The van der Waals surface area contributed by atoms with Crippen LogP contribution in [0.3, 0.4) is 0 Å². The number of carbonyl (C=O) groups is 1. The molecule has 1 aliphatic heterocycles. The van der Waals surface area contributed by atoms with Crippen LogP contribution in [0, 0.1) is 5.92 Å². The highest BCUT2D eigenvalue weighted by atomic mass is 16.2. The van der Waals surface area contributed by atoms with Gasteiger partial charge in [0, 0.05) is 12.6 Å². The predicted molar refractivity (Wildman–Crippen MR) is 75.4 cm³/mol. The highest BCUT2D eigenvalue weighted by Crippen LogP contribution is 2.37. The summed E-state index contributed by atoms with van der Waals surface area (Å²) in [4.78, 5) is 14.7. The van der Waals surface area contributed by atoms with E-state index in [0.29, 0.717) is 6.04 Å². The number of hydrogen-bond donors (Lipinski definition) is 1. The van der Waals surface area contributed by atoms with Crippen LogP contribution in [0.4, 0.5) is 0 Å².